The van der Waals surface area contributed by atoms with E-state index in [4.69, 9.17) is 0 Å². The minimum absolute atomic E-state index is 0.0905. The molecule has 2 aromatic carbocycles. The second-order valence-electron chi connectivity index (χ2n) is 8.35. The average Bonchev–Trinajstić information content (AvgIpc) is 2.94. The Morgan fingerprint density at radius 1 is 1.04 bits per heavy atom. The van der Waals surface area contributed by atoms with E-state index in [1.165, 1.54) is 24.8 Å². The number of quaternary nitrogens is 1. The minimum atomic E-state index is -0.0905. The van der Waals surface area contributed by atoms with Crippen molar-refractivity contribution < 1.29 is 9.28 Å². The van der Waals surface area contributed by atoms with Crippen molar-refractivity contribution in [2.45, 2.75) is 65.5 Å². The molecule has 0 aliphatic carbocycles. The van der Waals surface area contributed by atoms with Crippen molar-refractivity contribution in [1.29, 1.82) is 0 Å². The van der Waals surface area contributed by atoms with Crippen molar-refractivity contribution in [3.63, 3.8) is 0 Å². The van der Waals surface area contributed by atoms with Gasteiger partial charge < -0.3 is 9.80 Å². The summed E-state index contributed by atoms with van der Waals surface area (Å²) < 4.78 is 0.848. The second-order valence-corrected chi connectivity index (χ2v) is 8.35. The third-order valence-electron chi connectivity index (χ3n) is 6.83. The van der Waals surface area contributed by atoms with Crippen molar-refractivity contribution >= 4 is 11.6 Å². The van der Waals surface area contributed by atoms with Gasteiger partial charge in [-0.15, -0.1) is 0 Å². The number of rotatable bonds is 5. The molecule has 1 N–H and O–H groups in total. The first-order valence-corrected chi connectivity index (χ1v) is 10.8. The molecule has 3 rings (SSSR count). The van der Waals surface area contributed by atoms with Gasteiger partial charge in [-0.1, -0.05) is 48.5 Å². The molecular formula is C25H35N2O+. The maximum Gasteiger partial charge on any atom is 0.282 e. The number of para-hydroxylation sites is 1. The van der Waals surface area contributed by atoms with Gasteiger partial charge in [-0.25, -0.2) is 0 Å². The van der Waals surface area contributed by atoms with Crippen LogP contribution in [-0.4, -0.2) is 29.5 Å². The van der Waals surface area contributed by atoms with Gasteiger partial charge in [-0.2, -0.15) is 0 Å². The van der Waals surface area contributed by atoms with E-state index >= 15 is 0 Å². The van der Waals surface area contributed by atoms with Crippen LogP contribution in [0.2, 0.25) is 0 Å². The standard InChI is InChI=1S/C25H34N2O/c1-5-27(18-11-7-10-17-23(27)22-15-8-6-9-16-22)21(4)25(28)26-24-19(2)13-12-14-20(24)3/h6,8-9,12-16,21,23H,5,7,10-11,17-18H2,1-4H3/p+1. The van der Waals surface area contributed by atoms with Crippen molar-refractivity contribution in [3.8, 4) is 0 Å². The van der Waals surface area contributed by atoms with Crippen molar-refractivity contribution in [3.05, 3.63) is 65.2 Å². The zero-order valence-corrected chi connectivity index (χ0v) is 17.9. The maximum atomic E-state index is 13.4. The number of carbonyl (C=O) groups is 1. The van der Waals surface area contributed by atoms with Crippen molar-refractivity contribution in [1.82, 2.24) is 0 Å². The summed E-state index contributed by atoms with van der Waals surface area (Å²) in [5.74, 6) is 0.141. The highest BCUT2D eigenvalue weighted by atomic mass is 16.2. The first kappa shape index (κ1) is 20.6. The molecule has 28 heavy (non-hydrogen) atoms. The lowest BCUT2D eigenvalue weighted by atomic mass is 9.95. The van der Waals surface area contributed by atoms with Crippen LogP contribution in [0.3, 0.4) is 0 Å². The lowest BCUT2D eigenvalue weighted by Crippen LogP contribution is -2.60. The van der Waals surface area contributed by atoms with Crippen LogP contribution in [-0.2, 0) is 4.79 Å². The van der Waals surface area contributed by atoms with Crippen LogP contribution in [0.25, 0.3) is 0 Å². The summed E-state index contributed by atoms with van der Waals surface area (Å²) in [5.41, 5.74) is 4.59. The molecule has 0 radical (unpaired) electrons. The highest BCUT2D eigenvalue weighted by molar-refractivity contribution is 5.95. The Labute approximate surface area is 170 Å². The molecule has 1 heterocycles. The van der Waals surface area contributed by atoms with Gasteiger partial charge in [0.05, 0.1) is 13.1 Å². The first-order chi connectivity index (χ1) is 13.5. The predicted molar refractivity (Wildman–Crippen MR) is 117 cm³/mol. The molecule has 0 spiro atoms. The van der Waals surface area contributed by atoms with Gasteiger partial charge in [0.2, 0.25) is 0 Å². The number of anilines is 1. The van der Waals surface area contributed by atoms with E-state index in [0.717, 1.165) is 40.8 Å². The predicted octanol–water partition coefficient (Wildman–Crippen LogP) is 5.78. The summed E-state index contributed by atoms with van der Waals surface area (Å²) in [7, 11) is 0. The van der Waals surface area contributed by atoms with E-state index < -0.39 is 0 Å². The lowest BCUT2D eigenvalue weighted by Gasteiger charge is -2.47. The van der Waals surface area contributed by atoms with Gasteiger partial charge in [0, 0.05) is 17.7 Å². The van der Waals surface area contributed by atoms with Crippen LogP contribution in [0, 0.1) is 13.8 Å². The summed E-state index contributed by atoms with van der Waals surface area (Å²) in [5, 5.41) is 3.27. The molecule has 0 aromatic heterocycles. The zero-order chi connectivity index (χ0) is 20.1. The van der Waals surface area contributed by atoms with E-state index in [1.807, 2.05) is 6.07 Å². The fraction of sp³-hybridized carbons (Fsp3) is 0.480. The summed E-state index contributed by atoms with van der Waals surface area (Å²) in [6.45, 7) is 10.6. The molecule has 1 fully saturated rings. The summed E-state index contributed by atoms with van der Waals surface area (Å²) in [6, 6.07) is 17.3. The fourth-order valence-corrected chi connectivity index (χ4v) is 5.06. The van der Waals surface area contributed by atoms with Gasteiger partial charge >= 0.3 is 0 Å². The molecule has 1 aliphatic rings. The Balaban J connectivity index is 1.94. The molecule has 0 bridgehead atoms. The Morgan fingerprint density at radius 2 is 1.71 bits per heavy atom. The SMILES string of the molecule is CC[N+]1(C(C)C(=O)Nc2c(C)cccc2C)CCCCCC1c1ccccc1. The number of likely N-dealkylation sites (N-methyl/N-ethyl adjacent to an activating group) is 1. The number of hydrogen-bond donors (Lipinski definition) is 1. The minimum Gasteiger partial charge on any atom is -0.320 e. The van der Waals surface area contributed by atoms with E-state index in [2.05, 4.69) is 75.5 Å². The van der Waals surface area contributed by atoms with Gasteiger partial charge in [0.1, 0.15) is 6.04 Å². The highest BCUT2D eigenvalue weighted by Gasteiger charge is 2.45. The maximum absolute atomic E-state index is 13.4. The van der Waals surface area contributed by atoms with Gasteiger partial charge in [-0.05, 0) is 58.1 Å². The molecular weight excluding hydrogens is 344 g/mol. The van der Waals surface area contributed by atoms with Crippen LogP contribution in [0.4, 0.5) is 5.69 Å². The van der Waals surface area contributed by atoms with Crippen LogP contribution in [0.1, 0.15) is 62.3 Å². The number of amides is 1. The van der Waals surface area contributed by atoms with Crippen molar-refractivity contribution in [2.24, 2.45) is 0 Å². The monoisotopic (exact) mass is 379 g/mol. The van der Waals surface area contributed by atoms with Gasteiger partial charge in [-0.3, -0.25) is 4.79 Å². The molecule has 3 nitrogen and oxygen atoms in total. The van der Waals surface area contributed by atoms with Crippen molar-refractivity contribution in [2.75, 3.05) is 18.4 Å². The fourth-order valence-electron chi connectivity index (χ4n) is 5.06. The molecule has 3 atom stereocenters. The molecule has 1 amide bonds. The molecule has 3 heteroatoms. The van der Waals surface area contributed by atoms with E-state index in [0.29, 0.717) is 6.04 Å². The molecule has 1 aliphatic heterocycles. The number of benzene rings is 2. The largest absolute Gasteiger partial charge is 0.320 e. The Morgan fingerprint density at radius 3 is 2.36 bits per heavy atom. The summed E-state index contributed by atoms with van der Waals surface area (Å²) in [6.07, 6.45) is 4.84. The number of aryl methyl sites for hydroxylation is 2. The normalized spacial score (nSPS) is 23.6. The van der Waals surface area contributed by atoms with E-state index in [1.54, 1.807) is 0 Å². The summed E-state index contributed by atoms with van der Waals surface area (Å²) in [4.78, 5) is 13.4. The third kappa shape index (κ3) is 4.00. The van der Waals surface area contributed by atoms with E-state index in [-0.39, 0.29) is 11.9 Å². The van der Waals surface area contributed by atoms with Crippen LogP contribution in [0.15, 0.2) is 48.5 Å². The highest BCUT2D eigenvalue weighted by Crippen LogP contribution is 2.39. The molecule has 1 saturated heterocycles. The topological polar surface area (TPSA) is 29.1 Å². The van der Waals surface area contributed by atoms with Gasteiger partial charge in [0.15, 0.2) is 6.04 Å². The zero-order valence-electron chi connectivity index (χ0n) is 17.9. The van der Waals surface area contributed by atoms with Crippen LogP contribution >= 0.6 is 0 Å². The second kappa shape index (κ2) is 8.91. The number of nitrogens with one attached hydrogen (secondary N) is 1. The number of carbonyl (C=O) groups excluding carboxylic acids is 1. The average molecular weight is 380 g/mol. The molecule has 2 aromatic rings. The molecule has 150 valence electrons. The van der Waals surface area contributed by atoms with Crippen LogP contribution in [0.5, 0.6) is 0 Å². The Bertz CT molecular complexity index is 781. The Hall–Kier alpha value is -2.13. The Kier molecular flexibility index (Phi) is 6.56. The molecule has 0 saturated carbocycles. The number of hydrogen-bond acceptors (Lipinski definition) is 1. The van der Waals surface area contributed by atoms with E-state index in [9.17, 15) is 4.79 Å². The number of likely N-dealkylation sites (tertiary alicyclic amines) is 1. The first-order valence-electron chi connectivity index (χ1n) is 10.8. The molecule has 3 unspecified atom stereocenters. The lowest BCUT2D eigenvalue weighted by molar-refractivity contribution is -0.967. The third-order valence-corrected chi connectivity index (χ3v) is 6.83. The summed E-state index contributed by atoms with van der Waals surface area (Å²) >= 11 is 0. The van der Waals surface area contributed by atoms with Gasteiger partial charge in [0.25, 0.3) is 5.91 Å². The quantitative estimate of drug-likeness (QED) is 0.655. The van der Waals surface area contributed by atoms with Crippen LogP contribution < -0.4 is 5.32 Å². The smallest absolute Gasteiger partial charge is 0.282 e. The number of nitrogens with zero attached hydrogens (tertiary/aromatic N) is 1.